The van der Waals surface area contributed by atoms with Crippen LogP contribution in [0.25, 0.3) is 0 Å². The summed E-state index contributed by atoms with van der Waals surface area (Å²) in [5, 5.41) is 13.0. The lowest BCUT2D eigenvalue weighted by atomic mass is 9.46. The highest BCUT2D eigenvalue weighted by Gasteiger charge is 2.70. The highest BCUT2D eigenvalue weighted by molar-refractivity contribution is 6.01. The van der Waals surface area contributed by atoms with Crippen molar-refractivity contribution in [1.82, 2.24) is 0 Å². The van der Waals surface area contributed by atoms with E-state index in [2.05, 4.69) is 5.32 Å². The molecule has 5 nitrogen and oxygen atoms in total. The number of aromatic hydroxyl groups is 1. The maximum atomic E-state index is 13.0. The molecule has 4 N–H and O–H groups in total. The molecule has 23 heavy (non-hydrogen) atoms. The first-order valence-corrected chi connectivity index (χ1v) is 8.22. The van der Waals surface area contributed by atoms with Crippen LogP contribution in [-0.2, 0) is 9.53 Å². The van der Waals surface area contributed by atoms with Gasteiger partial charge in [-0.15, -0.1) is 0 Å². The molecule has 2 aliphatic rings. The number of benzene rings is 1. The van der Waals surface area contributed by atoms with E-state index in [9.17, 15) is 9.90 Å². The molecular weight excluding hydrogens is 292 g/mol. The SMILES string of the molecule is Cc1ccc(NC(=O)C2(N)C3CCCOC3C2(C)C)c(C)c1O. The van der Waals surface area contributed by atoms with E-state index in [1.807, 2.05) is 26.8 Å². The Labute approximate surface area is 137 Å². The number of nitrogens with two attached hydrogens (primary N) is 1. The third-order valence-corrected chi connectivity index (χ3v) is 5.94. The Kier molecular flexibility index (Phi) is 3.69. The quantitative estimate of drug-likeness (QED) is 0.782. The number of fused-ring (bicyclic) bond motifs is 1. The number of ether oxygens (including phenoxy) is 1. The van der Waals surface area contributed by atoms with Gasteiger partial charge >= 0.3 is 0 Å². The normalized spacial score (nSPS) is 31.9. The molecule has 1 amide bonds. The lowest BCUT2D eigenvalue weighted by Crippen LogP contribution is -2.81. The molecule has 0 aromatic heterocycles. The van der Waals surface area contributed by atoms with Crippen LogP contribution in [-0.4, -0.2) is 29.3 Å². The topological polar surface area (TPSA) is 84.6 Å². The molecule has 5 heteroatoms. The average molecular weight is 318 g/mol. The van der Waals surface area contributed by atoms with Gasteiger partial charge in [-0.05, 0) is 38.3 Å². The van der Waals surface area contributed by atoms with Gasteiger partial charge in [-0.25, -0.2) is 0 Å². The second-order valence-corrected chi connectivity index (χ2v) is 7.49. The number of anilines is 1. The van der Waals surface area contributed by atoms with E-state index in [4.69, 9.17) is 10.5 Å². The van der Waals surface area contributed by atoms with Gasteiger partial charge in [0, 0.05) is 29.2 Å². The number of phenolic OH excluding ortho intramolecular Hbond substituents is 1. The van der Waals surface area contributed by atoms with Gasteiger partial charge in [0.05, 0.1) is 6.10 Å². The number of carbonyl (C=O) groups excluding carboxylic acids is 1. The Bertz CT molecular complexity index is 656. The molecule has 2 fully saturated rings. The summed E-state index contributed by atoms with van der Waals surface area (Å²) in [5.41, 5.74) is 7.28. The standard InChI is InChI=1S/C18H26N2O3/c1-10-7-8-13(11(2)14(10)21)20-16(22)18(19)12-6-5-9-23-15(12)17(18,3)4/h7-8,12,15,21H,5-6,9,19H2,1-4H3,(H,20,22). The van der Waals surface area contributed by atoms with Crippen LogP contribution in [0.3, 0.4) is 0 Å². The van der Waals surface area contributed by atoms with Crippen molar-refractivity contribution in [3.05, 3.63) is 23.3 Å². The minimum atomic E-state index is -0.953. The molecule has 3 atom stereocenters. The zero-order chi connectivity index (χ0) is 17.0. The molecule has 1 saturated carbocycles. The van der Waals surface area contributed by atoms with Gasteiger partial charge in [0.25, 0.3) is 0 Å². The van der Waals surface area contributed by atoms with Crippen LogP contribution < -0.4 is 11.1 Å². The van der Waals surface area contributed by atoms with Crippen LogP contribution in [0.1, 0.15) is 37.8 Å². The van der Waals surface area contributed by atoms with E-state index in [0.717, 1.165) is 25.0 Å². The second-order valence-electron chi connectivity index (χ2n) is 7.49. The van der Waals surface area contributed by atoms with Crippen LogP contribution in [0.15, 0.2) is 12.1 Å². The molecule has 1 saturated heterocycles. The Balaban J connectivity index is 1.87. The smallest absolute Gasteiger partial charge is 0.245 e. The summed E-state index contributed by atoms with van der Waals surface area (Å²) in [5.74, 6) is 0.0619. The summed E-state index contributed by atoms with van der Waals surface area (Å²) in [6, 6.07) is 3.60. The average Bonchev–Trinajstić information content (AvgIpc) is 2.54. The van der Waals surface area contributed by atoms with Crippen molar-refractivity contribution in [2.24, 2.45) is 17.1 Å². The van der Waals surface area contributed by atoms with Gasteiger partial charge in [-0.3, -0.25) is 4.79 Å². The number of aryl methyl sites for hydroxylation is 1. The summed E-state index contributed by atoms with van der Waals surface area (Å²) in [6.45, 7) is 8.36. The first-order chi connectivity index (χ1) is 10.7. The summed E-state index contributed by atoms with van der Waals surface area (Å²) in [6.07, 6.45) is 1.89. The van der Waals surface area contributed by atoms with Gasteiger partial charge in [-0.2, -0.15) is 0 Å². The zero-order valence-electron chi connectivity index (χ0n) is 14.3. The number of hydrogen-bond donors (Lipinski definition) is 3. The Hall–Kier alpha value is -1.59. The zero-order valence-corrected chi connectivity index (χ0v) is 14.3. The maximum absolute atomic E-state index is 13.0. The van der Waals surface area contributed by atoms with Crippen LogP contribution >= 0.6 is 0 Å². The number of nitrogens with one attached hydrogen (secondary N) is 1. The van der Waals surface area contributed by atoms with Crippen molar-refractivity contribution in [2.45, 2.75) is 52.2 Å². The van der Waals surface area contributed by atoms with Gasteiger partial charge in [-0.1, -0.05) is 19.9 Å². The fraction of sp³-hybridized carbons (Fsp3) is 0.611. The van der Waals surface area contributed by atoms with Crippen LogP contribution in [0.5, 0.6) is 5.75 Å². The van der Waals surface area contributed by atoms with E-state index in [1.165, 1.54) is 0 Å². The lowest BCUT2D eigenvalue weighted by molar-refractivity contribution is -0.222. The fourth-order valence-electron chi connectivity index (χ4n) is 4.23. The largest absolute Gasteiger partial charge is 0.507 e. The molecule has 1 aliphatic carbocycles. The minimum Gasteiger partial charge on any atom is -0.507 e. The molecule has 0 bridgehead atoms. The van der Waals surface area contributed by atoms with Crippen molar-refractivity contribution in [3.8, 4) is 5.75 Å². The van der Waals surface area contributed by atoms with Crippen molar-refractivity contribution in [2.75, 3.05) is 11.9 Å². The van der Waals surface area contributed by atoms with E-state index in [-0.39, 0.29) is 23.7 Å². The van der Waals surface area contributed by atoms with Crippen LogP contribution in [0.4, 0.5) is 5.69 Å². The molecule has 1 aliphatic heterocycles. The number of carbonyl (C=O) groups is 1. The fourth-order valence-corrected chi connectivity index (χ4v) is 4.23. The predicted octanol–water partition coefficient (Wildman–Crippen LogP) is 2.48. The van der Waals surface area contributed by atoms with Gasteiger partial charge in [0.15, 0.2) is 0 Å². The van der Waals surface area contributed by atoms with E-state index in [1.54, 1.807) is 13.0 Å². The van der Waals surface area contributed by atoms with Gasteiger partial charge in [0.2, 0.25) is 5.91 Å². The van der Waals surface area contributed by atoms with Crippen LogP contribution in [0, 0.1) is 25.2 Å². The molecule has 1 heterocycles. The summed E-state index contributed by atoms with van der Waals surface area (Å²) >= 11 is 0. The molecule has 0 spiro atoms. The van der Waals surface area contributed by atoms with Crippen molar-refractivity contribution in [3.63, 3.8) is 0 Å². The van der Waals surface area contributed by atoms with Crippen LogP contribution in [0.2, 0.25) is 0 Å². The monoisotopic (exact) mass is 318 g/mol. The molecule has 1 aromatic rings. The first-order valence-electron chi connectivity index (χ1n) is 8.22. The van der Waals surface area contributed by atoms with Gasteiger partial charge < -0.3 is 20.9 Å². The highest BCUT2D eigenvalue weighted by Crippen LogP contribution is 2.57. The molecular formula is C18H26N2O3. The van der Waals surface area contributed by atoms with Gasteiger partial charge in [0.1, 0.15) is 11.3 Å². The maximum Gasteiger partial charge on any atom is 0.245 e. The summed E-state index contributed by atoms with van der Waals surface area (Å²) < 4.78 is 5.85. The number of hydrogen-bond acceptors (Lipinski definition) is 4. The Morgan fingerprint density at radius 2 is 2.09 bits per heavy atom. The summed E-state index contributed by atoms with van der Waals surface area (Å²) in [7, 11) is 0. The third-order valence-electron chi connectivity index (χ3n) is 5.94. The molecule has 1 aromatic carbocycles. The Morgan fingerprint density at radius 1 is 1.39 bits per heavy atom. The van der Waals surface area contributed by atoms with E-state index < -0.39 is 11.0 Å². The van der Waals surface area contributed by atoms with Crippen molar-refractivity contribution >= 4 is 11.6 Å². The van der Waals surface area contributed by atoms with E-state index >= 15 is 0 Å². The number of amides is 1. The second kappa shape index (κ2) is 5.21. The number of rotatable bonds is 2. The lowest BCUT2D eigenvalue weighted by Gasteiger charge is -2.65. The van der Waals surface area contributed by atoms with Crippen molar-refractivity contribution < 1.29 is 14.6 Å². The molecule has 3 rings (SSSR count). The molecule has 0 radical (unpaired) electrons. The van der Waals surface area contributed by atoms with E-state index in [0.29, 0.717) is 11.3 Å². The minimum absolute atomic E-state index is 0.0412. The molecule has 126 valence electrons. The third kappa shape index (κ3) is 2.10. The molecule has 3 unspecified atom stereocenters. The highest BCUT2D eigenvalue weighted by atomic mass is 16.5. The number of phenols is 1. The van der Waals surface area contributed by atoms with Crippen molar-refractivity contribution in [1.29, 1.82) is 0 Å². The Morgan fingerprint density at radius 3 is 2.78 bits per heavy atom. The predicted molar refractivity (Wildman–Crippen MR) is 89.4 cm³/mol. The first kappa shape index (κ1) is 16.3. The summed E-state index contributed by atoms with van der Waals surface area (Å²) in [4.78, 5) is 13.0.